The minimum atomic E-state index is -3.30. The number of benzene rings is 5. The predicted molar refractivity (Wildman–Crippen MR) is 316 cm³/mol. The fourth-order valence-electron chi connectivity index (χ4n) is 6.25. The Labute approximate surface area is 482 Å². The van der Waals surface area contributed by atoms with Gasteiger partial charge in [0, 0.05) is 75.9 Å². The highest BCUT2D eigenvalue weighted by atomic mass is 35.7. The Kier molecular flexibility index (Phi) is 38.6. The summed E-state index contributed by atoms with van der Waals surface area (Å²) in [7, 11) is 4.88. The van der Waals surface area contributed by atoms with Gasteiger partial charge in [0.2, 0.25) is 9.05 Å². The van der Waals surface area contributed by atoms with Gasteiger partial charge in [-0.1, -0.05) is 65.7 Å². The lowest BCUT2D eigenvalue weighted by molar-refractivity contribution is 0.391. The molecule has 0 amide bonds. The van der Waals surface area contributed by atoms with Crippen molar-refractivity contribution in [1.29, 1.82) is 0 Å². The molecule has 0 saturated carbocycles. The molecule has 0 aliphatic heterocycles. The van der Waals surface area contributed by atoms with Crippen LogP contribution in [-0.4, -0.2) is 115 Å². The van der Waals surface area contributed by atoms with Crippen LogP contribution in [0.25, 0.3) is 0 Å². The summed E-state index contributed by atoms with van der Waals surface area (Å²) in [6, 6.07) is 31.5. The van der Waals surface area contributed by atoms with E-state index in [4.69, 9.17) is 97.0 Å². The summed E-state index contributed by atoms with van der Waals surface area (Å²) < 4.78 is 99.3. The van der Waals surface area contributed by atoms with Gasteiger partial charge in [0.15, 0.2) is 19.7 Å². The molecule has 0 bridgehead atoms. The van der Waals surface area contributed by atoms with Crippen LogP contribution in [0.3, 0.4) is 0 Å². The van der Waals surface area contributed by atoms with Crippen molar-refractivity contribution >= 4 is 98.2 Å². The van der Waals surface area contributed by atoms with Crippen molar-refractivity contribution in [2.24, 2.45) is 11.5 Å². The first-order chi connectivity index (χ1) is 35.6. The number of sulfone groups is 2. The van der Waals surface area contributed by atoms with E-state index < -0.39 is 28.7 Å². The molecule has 5 N–H and O–H groups in total. The number of hydrogen-bond donors (Lipinski definition) is 3. The van der Waals surface area contributed by atoms with Crippen LogP contribution in [0, 0.1) is 0 Å². The summed E-state index contributed by atoms with van der Waals surface area (Å²) in [5.74, 6) is 5.40. The quantitative estimate of drug-likeness (QED) is 0.0266. The Morgan fingerprint density at radius 2 is 0.829 bits per heavy atom. The number of nitrogens with one attached hydrogen (secondary N) is 1. The fourth-order valence-corrected chi connectivity index (χ4v) is 10.5. The van der Waals surface area contributed by atoms with E-state index in [9.17, 15) is 25.3 Å². The molecule has 0 aliphatic rings. The molecule has 0 radical (unpaired) electrons. The lowest BCUT2D eigenvalue weighted by Crippen LogP contribution is -2.20. The van der Waals surface area contributed by atoms with E-state index in [-0.39, 0.29) is 41.2 Å². The maximum atomic E-state index is 12.3. The van der Waals surface area contributed by atoms with Gasteiger partial charge in [0.1, 0.15) is 34.5 Å². The molecule has 5 rings (SSSR count). The lowest BCUT2D eigenvalue weighted by Gasteiger charge is -2.11. The standard InChI is InChI=1S/C20H26ClNO4S.C13H19ClO4S.C9H13NO2.C7H8ClN.C3H6Cl2O2S.ClH/c1-25-19-9-6-17(20(14-19)26-2)10-13-27(23,24)12-3-11-22-15-16-4-7-18(21)8-5-16;1-17-12-5-4-11(13(10-12)18-2)6-9-19(15,16)8-3-7-14;1-11-8-4-3-7(6-10)9(5-8)12-2;8-7-3-1-6(5-9)2-4-7;4-2-1-3-8(5,6)7;/h4-9,14,22H,3,10-13,15H2,1-2H3;4-5,10H,3,6-9H2,1-2H3;3-5H,6,10H2,1-2H3;1-4H,5,9H2;1-3H2;1H. The third-order valence-electron chi connectivity index (χ3n) is 10.4. The average molecular weight is 1240 g/mol. The van der Waals surface area contributed by atoms with Gasteiger partial charge < -0.3 is 45.2 Å². The number of halogens is 6. The van der Waals surface area contributed by atoms with Gasteiger partial charge in [-0.25, -0.2) is 25.3 Å². The Bertz CT molecular complexity index is 2710. The zero-order valence-electron chi connectivity index (χ0n) is 43.7. The van der Waals surface area contributed by atoms with Crippen LogP contribution in [0.5, 0.6) is 34.5 Å². The van der Waals surface area contributed by atoms with Gasteiger partial charge in [-0.15, -0.1) is 35.6 Å². The first kappa shape index (κ1) is 72.4. The summed E-state index contributed by atoms with van der Waals surface area (Å²) >= 11 is 22.2. The predicted octanol–water partition coefficient (Wildman–Crippen LogP) is 10.4. The van der Waals surface area contributed by atoms with Crippen molar-refractivity contribution < 1.29 is 53.7 Å². The largest absolute Gasteiger partial charge is 0.497 e. The number of alkyl halides is 2. The minimum Gasteiger partial charge on any atom is -0.497 e. The fraction of sp³-hybridized carbons (Fsp3) is 0.423. The third-order valence-corrected chi connectivity index (χ3v) is 16.1. The first-order valence-electron chi connectivity index (χ1n) is 23.3. The van der Waals surface area contributed by atoms with Crippen LogP contribution < -0.4 is 45.2 Å². The van der Waals surface area contributed by atoms with Crippen molar-refractivity contribution in [3.8, 4) is 34.5 Å². The van der Waals surface area contributed by atoms with E-state index in [0.29, 0.717) is 98.1 Å². The highest BCUT2D eigenvalue weighted by Gasteiger charge is 2.15. The minimum absolute atomic E-state index is 0. The second-order valence-electron chi connectivity index (χ2n) is 15.9. The summed E-state index contributed by atoms with van der Waals surface area (Å²) in [5.41, 5.74) is 15.8. The van der Waals surface area contributed by atoms with Crippen LogP contribution in [-0.2, 0) is 61.2 Å². The molecule has 0 unspecified atom stereocenters. The summed E-state index contributed by atoms with van der Waals surface area (Å²) in [6.07, 6.45) is 2.35. The third kappa shape index (κ3) is 32.3. The second kappa shape index (κ2) is 40.5. The van der Waals surface area contributed by atoms with Gasteiger partial charge in [-0.3, -0.25) is 0 Å². The van der Waals surface area contributed by atoms with E-state index in [0.717, 1.165) is 44.3 Å². The highest BCUT2D eigenvalue weighted by molar-refractivity contribution is 8.13. The van der Waals surface area contributed by atoms with Crippen LogP contribution in [0.4, 0.5) is 0 Å². The maximum absolute atomic E-state index is 12.3. The van der Waals surface area contributed by atoms with Gasteiger partial charge in [0.25, 0.3) is 0 Å². The molecule has 0 saturated heterocycles. The van der Waals surface area contributed by atoms with Crippen LogP contribution >= 0.6 is 69.5 Å². The first-order valence-corrected chi connectivity index (χ1v) is 31.3. The smallest absolute Gasteiger partial charge is 0.232 e. The number of methoxy groups -OCH3 is 6. The second-order valence-corrected chi connectivity index (χ2v) is 25.0. The number of hydrogen-bond acceptors (Lipinski definition) is 15. The molecule has 5 aromatic rings. The molecule has 0 spiro atoms. The molecule has 0 aromatic heterocycles. The molecule has 76 heavy (non-hydrogen) atoms. The molecule has 5 aromatic carbocycles. The topological polar surface area (TPSA) is 222 Å². The molecule has 0 aliphatic carbocycles. The van der Waals surface area contributed by atoms with E-state index in [2.05, 4.69) is 5.32 Å². The van der Waals surface area contributed by atoms with Crippen molar-refractivity contribution in [2.45, 2.75) is 51.7 Å². The SMILES string of the molecule is COc1ccc(CCS(=O)(=O)CCCCl)c(OC)c1.COc1ccc(CCS(=O)(=O)CCCNCc2ccc(Cl)cc2)c(OC)c1.COc1ccc(CN)c(OC)c1.Cl.NCc1ccc(Cl)cc1.O=S(=O)(Cl)CCCCl. The lowest BCUT2D eigenvalue weighted by atomic mass is 10.1. The van der Waals surface area contributed by atoms with E-state index in [1.807, 2.05) is 84.9 Å². The maximum Gasteiger partial charge on any atom is 0.232 e. The molecule has 15 nitrogen and oxygen atoms in total. The van der Waals surface area contributed by atoms with Crippen molar-refractivity contribution in [1.82, 2.24) is 5.32 Å². The van der Waals surface area contributed by atoms with Gasteiger partial charge in [0.05, 0.1) is 71.4 Å². The monoisotopic (exact) mass is 1240 g/mol. The van der Waals surface area contributed by atoms with E-state index >= 15 is 0 Å². The summed E-state index contributed by atoms with van der Waals surface area (Å²) in [6.45, 7) is 2.40. The number of nitrogens with two attached hydrogens (primary N) is 2. The van der Waals surface area contributed by atoms with Crippen LogP contribution in [0.2, 0.25) is 10.0 Å². The summed E-state index contributed by atoms with van der Waals surface area (Å²) in [5, 5.41) is 4.72. The normalized spacial score (nSPS) is 10.8. The average Bonchev–Trinajstić information content (AvgIpc) is 3.41. The zero-order valence-corrected chi connectivity index (χ0v) is 50.8. The van der Waals surface area contributed by atoms with Crippen molar-refractivity contribution in [3.63, 3.8) is 0 Å². The summed E-state index contributed by atoms with van der Waals surface area (Å²) in [4.78, 5) is 0. The molecule has 0 atom stereocenters. The Morgan fingerprint density at radius 1 is 0.461 bits per heavy atom. The van der Waals surface area contributed by atoms with Gasteiger partial charge in [-0.05, 0) is 103 Å². The Morgan fingerprint density at radius 3 is 1.17 bits per heavy atom. The highest BCUT2D eigenvalue weighted by Crippen LogP contribution is 2.27. The number of rotatable bonds is 26. The Balaban J connectivity index is 0.000000997. The van der Waals surface area contributed by atoms with Gasteiger partial charge in [-0.2, -0.15) is 0 Å². The molecule has 0 fully saturated rings. The molecule has 24 heteroatoms. The van der Waals surface area contributed by atoms with Crippen molar-refractivity contribution in [2.75, 3.05) is 89.7 Å². The van der Waals surface area contributed by atoms with Gasteiger partial charge >= 0.3 is 0 Å². The zero-order chi connectivity index (χ0) is 56.3. The number of aryl methyl sites for hydroxylation is 2. The van der Waals surface area contributed by atoms with Crippen LogP contribution in [0.15, 0.2) is 103 Å². The van der Waals surface area contributed by atoms with Crippen LogP contribution in [0.1, 0.15) is 47.1 Å². The number of ether oxygens (including phenoxy) is 6. The van der Waals surface area contributed by atoms with E-state index in [1.165, 1.54) is 0 Å². The van der Waals surface area contributed by atoms with Crippen molar-refractivity contribution in [3.05, 3.63) is 141 Å². The molecular weight excluding hydrogens is 1170 g/mol. The van der Waals surface area contributed by atoms with E-state index in [1.54, 1.807) is 60.9 Å². The molecule has 0 heterocycles. The molecular formula is C52H73Cl6N3O12S3. The molecule has 428 valence electrons. The Hall–Kier alpha value is -3.63.